The summed E-state index contributed by atoms with van der Waals surface area (Å²) in [5.41, 5.74) is 5.57. The van der Waals surface area contributed by atoms with Crippen LogP contribution in [0.4, 0.5) is 4.79 Å². The van der Waals surface area contributed by atoms with E-state index in [1.807, 2.05) is 60.7 Å². The monoisotopic (exact) mass is 645 g/mol. The van der Waals surface area contributed by atoms with E-state index in [-0.39, 0.29) is 30.1 Å². The minimum Gasteiger partial charge on any atom is -0.446 e. The van der Waals surface area contributed by atoms with Gasteiger partial charge in [-0.25, -0.2) is 4.79 Å². The zero-order valence-corrected chi connectivity index (χ0v) is 27.9. The Balaban J connectivity index is 0.953. The number of carbonyl (C=O) groups is 3. The van der Waals surface area contributed by atoms with Crippen molar-refractivity contribution in [1.29, 1.82) is 0 Å². The highest BCUT2D eigenvalue weighted by Crippen LogP contribution is 2.25. The van der Waals surface area contributed by atoms with Gasteiger partial charge in [-0.3, -0.25) is 19.4 Å². The number of likely N-dealkylation sites (tertiary alicyclic amines) is 1. The molecule has 0 aliphatic carbocycles. The van der Waals surface area contributed by atoms with Crippen LogP contribution in [0.3, 0.4) is 0 Å². The van der Waals surface area contributed by atoms with Crippen LogP contribution in [0.5, 0.6) is 0 Å². The zero-order chi connectivity index (χ0) is 33.5. The predicted octanol–water partition coefficient (Wildman–Crippen LogP) is 6.43. The smallest absolute Gasteiger partial charge is 0.408 e. The van der Waals surface area contributed by atoms with E-state index in [0.717, 1.165) is 67.6 Å². The van der Waals surface area contributed by atoms with Crippen molar-refractivity contribution in [2.24, 2.45) is 0 Å². The summed E-state index contributed by atoms with van der Waals surface area (Å²) < 4.78 is 6.67. The van der Waals surface area contributed by atoms with Gasteiger partial charge in [0.1, 0.15) is 12.6 Å². The maximum atomic E-state index is 13.0. The lowest BCUT2D eigenvalue weighted by atomic mass is 9.99. The SMILES string of the molecule is C[N+](C)(CCCN1C(=O)c2ccccc2C1=O)Cc1cccc(CN2CCC(OC(=O)NC(c3ccccc3)c3ccccc3)CC2)c1. The first-order valence-corrected chi connectivity index (χ1v) is 16.9. The number of amides is 3. The van der Waals surface area contributed by atoms with E-state index in [4.69, 9.17) is 4.74 Å². The van der Waals surface area contributed by atoms with E-state index in [0.29, 0.717) is 17.7 Å². The number of rotatable bonds is 12. The summed E-state index contributed by atoms with van der Waals surface area (Å²) >= 11 is 0. The molecule has 0 aromatic heterocycles. The Bertz CT molecular complexity index is 1640. The van der Waals surface area contributed by atoms with Crippen molar-refractivity contribution >= 4 is 17.9 Å². The second-order valence-electron chi connectivity index (χ2n) is 13.6. The molecule has 1 saturated heterocycles. The first-order chi connectivity index (χ1) is 23.3. The number of hydrogen-bond donors (Lipinski definition) is 1. The third-order valence-electron chi connectivity index (χ3n) is 9.37. The molecule has 0 bridgehead atoms. The van der Waals surface area contributed by atoms with E-state index in [2.05, 4.69) is 48.6 Å². The minimum atomic E-state index is -0.386. The van der Waals surface area contributed by atoms with Crippen LogP contribution in [-0.2, 0) is 17.8 Å². The summed E-state index contributed by atoms with van der Waals surface area (Å²) in [7, 11) is 4.38. The topological polar surface area (TPSA) is 79.0 Å². The van der Waals surface area contributed by atoms with E-state index >= 15 is 0 Å². The molecular formula is C40H45N4O4+. The summed E-state index contributed by atoms with van der Waals surface area (Å²) in [6.07, 6.45) is 1.84. The molecule has 2 aliphatic heterocycles. The van der Waals surface area contributed by atoms with Crippen molar-refractivity contribution in [1.82, 2.24) is 15.1 Å². The molecule has 0 saturated carbocycles. The minimum absolute atomic E-state index is 0.113. The molecule has 0 atom stereocenters. The van der Waals surface area contributed by atoms with Crippen LogP contribution in [0.15, 0.2) is 109 Å². The number of imide groups is 1. The van der Waals surface area contributed by atoms with Crippen molar-refractivity contribution in [2.75, 3.05) is 40.3 Å². The van der Waals surface area contributed by atoms with Crippen molar-refractivity contribution in [3.8, 4) is 0 Å². The van der Waals surface area contributed by atoms with Crippen LogP contribution in [0.1, 0.15) is 68.3 Å². The molecule has 1 fully saturated rings. The highest BCUT2D eigenvalue weighted by molar-refractivity contribution is 6.21. The average molecular weight is 646 g/mol. The molecule has 0 spiro atoms. The third-order valence-corrected chi connectivity index (χ3v) is 9.37. The highest BCUT2D eigenvalue weighted by Gasteiger charge is 2.35. The lowest BCUT2D eigenvalue weighted by molar-refractivity contribution is -0.903. The van der Waals surface area contributed by atoms with Crippen LogP contribution in [0.2, 0.25) is 0 Å². The Labute approximate surface area is 283 Å². The van der Waals surface area contributed by atoms with Gasteiger partial charge in [0, 0.05) is 38.2 Å². The second-order valence-corrected chi connectivity index (χ2v) is 13.6. The first kappa shape index (κ1) is 33.1. The molecule has 8 heteroatoms. The van der Waals surface area contributed by atoms with Gasteiger partial charge in [-0.1, -0.05) is 91.0 Å². The molecular weight excluding hydrogens is 600 g/mol. The number of piperidine rings is 1. The number of alkyl carbamates (subject to hydrolysis) is 1. The lowest BCUT2D eigenvalue weighted by Gasteiger charge is -2.32. The molecule has 0 radical (unpaired) electrons. The molecule has 248 valence electrons. The zero-order valence-electron chi connectivity index (χ0n) is 27.9. The summed E-state index contributed by atoms with van der Waals surface area (Å²) in [5, 5.41) is 3.10. The predicted molar refractivity (Wildman–Crippen MR) is 186 cm³/mol. The average Bonchev–Trinajstić information content (AvgIpc) is 3.33. The fourth-order valence-electron chi connectivity index (χ4n) is 6.90. The van der Waals surface area contributed by atoms with E-state index in [1.165, 1.54) is 16.0 Å². The normalized spacial score (nSPS) is 15.5. The molecule has 2 heterocycles. The number of carbonyl (C=O) groups excluding carboxylic acids is 3. The van der Waals surface area contributed by atoms with Crippen molar-refractivity contribution < 1.29 is 23.6 Å². The molecule has 0 unspecified atom stereocenters. The Hall–Kier alpha value is -4.79. The number of nitrogens with zero attached hydrogens (tertiary/aromatic N) is 3. The molecule has 1 N–H and O–H groups in total. The number of hydrogen-bond acceptors (Lipinski definition) is 5. The summed E-state index contributed by atoms with van der Waals surface area (Å²) in [6, 6.07) is 35.5. The fourth-order valence-corrected chi connectivity index (χ4v) is 6.90. The Morgan fingerprint density at radius 1 is 0.792 bits per heavy atom. The summed E-state index contributed by atoms with van der Waals surface area (Å²) in [6.45, 7) is 4.70. The molecule has 2 aliphatic rings. The van der Waals surface area contributed by atoms with Crippen LogP contribution in [-0.4, -0.2) is 78.6 Å². The quantitative estimate of drug-likeness (QED) is 0.142. The van der Waals surface area contributed by atoms with E-state index in [9.17, 15) is 14.4 Å². The summed E-state index contributed by atoms with van der Waals surface area (Å²) in [5.74, 6) is -0.376. The maximum Gasteiger partial charge on any atom is 0.408 e. The van der Waals surface area contributed by atoms with E-state index < -0.39 is 0 Å². The number of ether oxygens (including phenoxy) is 1. The number of fused-ring (bicyclic) bond motifs is 1. The van der Waals surface area contributed by atoms with Crippen LogP contribution in [0.25, 0.3) is 0 Å². The third kappa shape index (κ3) is 8.19. The molecule has 6 rings (SSSR count). The highest BCUT2D eigenvalue weighted by atomic mass is 16.6. The lowest BCUT2D eigenvalue weighted by Crippen LogP contribution is -2.41. The summed E-state index contributed by atoms with van der Waals surface area (Å²) in [4.78, 5) is 42.3. The Morgan fingerprint density at radius 2 is 1.35 bits per heavy atom. The van der Waals surface area contributed by atoms with E-state index in [1.54, 1.807) is 24.3 Å². The standard InChI is InChI=1S/C40H44N4O4/c1-44(2,26-12-23-43-38(45)35-19-9-10-20-36(35)39(43)46)29-31-14-11-13-30(27-31)28-42-24-21-34(22-25-42)48-40(47)41-37(32-15-5-3-6-16-32)33-17-7-4-8-18-33/h3-11,13-20,27,34,37H,12,21-26,28-29H2,1-2H3/p+1. The largest absolute Gasteiger partial charge is 0.446 e. The first-order valence-electron chi connectivity index (χ1n) is 16.9. The van der Waals surface area contributed by atoms with Crippen LogP contribution < -0.4 is 5.32 Å². The molecule has 8 nitrogen and oxygen atoms in total. The second kappa shape index (κ2) is 15.0. The van der Waals surface area contributed by atoms with Crippen molar-refractivity contribution in [3.05, 3.63) is 143 Å². The van der Waals surface area contributed by atoms with Crippen LogP contribution >= 0.6 is 0 Å². The maximum absolute atomic E-state index is 13.0. The van der Waals surface area contributed by atoms with Gasteiger partial charge < -0.3 is 14.5 Å². The van der Waals surface area contributed by atoms with Gasteiger partial charge in [0.25, 0.3) is 11.8 Å². The van der Waals surface area contributed by atoms with Crippen molar-refractivity contribution in [2.45, 2.75) is 44.5 Å². The fraction of sp³-hybridized carbons (Fsp3) is 0.325. The van der Waals surface area contributed by atoms with Gasteiger partial charge in [0.05, 0.1) is 37.8 Å². The van der Waals surface area contributed by atoms with Gasteiger partial charge in [-0.15, -0.1) is 0 Å². The van der Waals surface area contributed by atoms with Gasteiger partial charge in [0.15, 0.2) is 0 Å². The molecule has 4 aromatic carbocycles. The van der Waals surface area contributed by atoms with Gasteiger partial charge in [0.2, 0.25) is 0 Å². The van der Waals surface area contributed by atoms with Crippen LogP contribution in [0, 0.1) is 0 Å². The van der Waals surface area contributed by atoms with Crippen molar-refractivity contribution in [3.63, 3.8) is 0 Å². The van der Waals surface area contributed by atoms with Gasteiger partial charge in [-0.05, 0) is 47.7 Å². The van der Waals surface area contributed by atoms with Gasteiger partial charge >= 0.3 is 6.09 Å². The molecule has 3 amide bonds. The number of quaternary nitrogens is 1. The molecule has 4 aromatic rings. The Morgan fingerprint density at radius 3 is 1.96 bits per heavy atom. The number of benzene rings is 4. The van der Waals surface area contributed by atoms with Gasteiger partial charge in [-0.2, -0.15) is 0 Å². The Kier molecular flexibility index (Phi) is 10.3. The molecule has 48 heavy (non-hydrogen) atoms. The number of nitrogens with one attached hydrogen (secondary N) is 1.